The van der Waals surface area contributed by atoms with Crippen molar-refractivity contribution in [1.29, 1.82) is 0 Å². The number of methoxy groups -OCH3 is 1. The molecule has 1 atom stereocenters. The Balaban J connectivity index is 3.11. The molecule has 0 amide bonds. The van der Waals surface area contributed by atoms with Gasteiger partial charge in [-0.15, -0.1) is 0 Å². The van der Waals surface area contributed by atoms with Gasteiger partial charge in [-0.3, -0.25) is 0 Å². The number of rotatable bonds is 10. The fraction of sp³-hybridized carbons (Fsp3) is 0.923. The number of hydrogen-bond donors (Lipinski definition) is 1. The van der Waals surface area contributed by atoms with E-state index in [9.17, 15) is 5.11 Å². The molecule has 1 radical (unpaired) electrons. The van der Waals surface area contributed by atoms with Crippen LogP contribution < -0.4 is 0 Å². The second-order valence-corrected chi connectivity index (χ2v) is 4.38. The SMILES string of the molecule is [CH2]C(O)(CCCCCCCCCC)OC. The van der Waals surface area contributed by atoms with E-state index in [0.717, 1.165) is 6.42 Å². The lowest BCUT2D eigenvalue weighted by Crippen LogP contribution is -2.26. The molecule has 0 aromatic carbocycles. The molecule has 2 heteroatoms. The van der Waals surface area contributed by atoms with E-state index in [1.54, 1.807) is 0 Å². The topological polar surface area (TPSA) is 29.5 Å². The molecule has 0 aliphatic heterocycles. The van der Waals surface area contributed by atoms with Crippen LogP contribution in [0.3, 0.4) is 0 Å². The summed E-state index contributed by atoms with van der Waals surface area (Å²) in [6, 6.07) is 0. The maximum Gasteiger partial charge on any atom is 0.165 e. The molecular formula is C13H27O2. The maximum absolute atomic E-state index is 9.46. The summed E-state index contributed by atoms with van der Waals surface area (Å²) in [6.45, 7) is 5.82. The van der Waals surface area contributed by atoms with E-state index in [2.05, 4.69) is 13.8 Å². The number of ether oxygens (including phenoxy) is 1. The minimum absolute atomic E-state index is 0.637. The molecule has 0 heterocycles. The summed E-state index contributed by atoms with van der Waals surface area (Å²) in [5, 5.41) is 9.46. The van der Waals surface area contributed by atoms with Crippen LogP contribution in [0.1, 0.15) is 64.7 Å². The first-order valence-corrected chi connectivity index (χ1v) is 6.25. The monoisotopic (exact) mass is 215 g/mol. The van der Waals surface area contributed by atoms with Crippen LogP contribution in [-0.2, 0) is 4.74 Å². The third-order valence-corrected chi connectivity index (χ3v) is 2.80. The van der Waals surface area contributed by atoms with Crippen molar-refractivity contribution in [2.24, 2.45) is 0 Å². The largest absolute Gasteiger partial charge is 0.365 e. The molecule has 1 N–H and O–H groups in total. The van der Waals surface area contributed by atoms with Gasteiger partial charge in [-0.1, -0.05) is 51.9 Å². The maximum atomic E-state index is 9.46. The van der Waals surface area contributed by atoms with Crippen molar-refractivity contribution in [2.75, 3.05) is 7.11 Å². The van der Waals surface area contributed by atoms with Crippen LogP contribution in [0.15, 0.2) is 0 Å². The van der Waals surface area contributed by atoms with Crippen molar-refractivity contribution in [1.82, 2.24) is 0 Å². The van der Waals surface area contributed by atoms with Gasteiger partial charge in [0.2, 0.25) is 0 Å². The summed E-state index contributed by atoms with van der Waals surface area (Å²) in [4.78, 5) is 0. The van der Waals surface area contributed by atoms with Crippen LogP contribution in [0.5, 0.6) is 0 Å². The predicted octanol–water partition coefficient (Wildman–Crippen LogP) is 3.69. The van der Waals surface area contributed by atoms with Gasteiger partial charge in [0.05, 0.1) is 0 Å². The molecule has 15 heavy (non-hydrogen) atoms. The number of hydrogen-bond acceptors (Lipinski definition) is 2. The lowest BCUT2D eigenvalue weighted by atomic mass is 10.0. The van der Waals surface area contributed by atoms with Gasteiger partial charge in [0.1, 0.15) is 0 Å². The molecule has 0 spiro atoms. The van der Waals surface area contributed by atoms with E-state index < -0.39 is 5.79 Å². The Labute approximate surface area is 95.0 Å². The van der Waals surface area contributed by atoms with Crippen molar-refractivity contribution < 1.29 is 9.84 Å². The van der Waals surface area contributed by atoms with E-state index >= 15 is 0 Å². The van der Waals surface area contributed by atoms with Gasteiger partial charge in [0.25, 0.3) is 0 Å². The van der Waals surface area contributed by atoms with Gasteiger partial charge in [0.15, 0.2) is 5.79 Å². The fourth-order valence-electron chi connectivity index (χ4n) is 1.64. The van der Waals surface area contributed by atoms with E-state index in [-0.39, 0.29) is 0 Å². The summed E-state index contributed by atoms with van der Waals surface area (Å²) >= 11 is 0. The highest BCUT2D eigenvalue weighted by atomic mass is 16.6. The van der Waals surface area contributed by atoms with Gasteiger partial charge < -0.3 is 9.84 Å². The molecule has 0 rings (SSSR count). The first kappa shape index (κ1) is 14.9. The molecule has 0 aliphatic rings. The third-order valence-electron chi connectivity index (χ3n) is 2.80. The van der Waals surface area contributed by atoms with Crippen LogP contribution >= 0.6 is 0 Å². The Hall–Kier alpha value is -0.0800. The Morgan fingerprint density at radius 3 is 1.93 bits per heavy atom. The summed E-state index contributed by atoms with van der Waals surface area (Å²) in [5.74, 6) is -1.16. The van der Waals surface area contributed by atoms with E-state index in [0.29, 0.717) is 6.42 Å². The Morgan fingerprint density at radius 1 is 1.00 bits per heavy atom. The Bertz CT molecular complexity index is 132. The van der Waals surface area contributed by atoms with Gasteiger partial charge in [0, 0.05) is 20.5 Å². The number of unbranched alkanes of at least 4 members (excludes halogenated alkanes) is 7. The molecule has 1 unspecified atom stereocenters. The zero-order valence-corrected chi connectivity index (χ0v) is 10.4. The molecule has 0 saturated carbocycles. The first-order valence-electron chi connectivity index (χ1n) is 6.25. The minimum Gasteiger partial charge on any atom is -0.365 e. The highest BCUT2D eigenvalue weighted by molar-refractivity contribution is 4.68. The summed E-state index contributed by atoms with van der Waals surface area (Å²) < 4.78 is 4.84. The first-order chi connectivity index (χ1) is 7.12. The van der Waals surface area contributed by atoms with Crippen LogP contribution in [0.25, 0.3) is 0 Å². The standard InChI is InChI=1S/C13H27O2/c1-4-5-6-7-8-9-10-11-12-13(2,14)15-3/h14H,2,4-12H2,1,3H3. The normalized spacial score (nSPS) is 15.2. The van der Waals surface area contributed by atoms with Crippen molar-refractivity contribution in [3.05, 3.63) is 6.92 Å². The van der Waals surface area contributed by atoms with Crippen LogP contribution in [0.4, 0.5) is 0 Å². The molecule has 0 saturated heterocycles. The molecule has 0 fully saturated rings. The van der Waals surface area contributed by atoms with Crippen LogP contribution in [-0.4, -0.2) is 18.0 Å². The zero-order valence-electron chi connectivity index (χ0n) is 10.4. The second-order valence-electron chi connectivity index (χ2n) is 4.38. The average molecular weight is 215 g/mol. The van der Waals surface area contributed by atoms with Gasteiger partial charge >= 0.3 is 0 Å². The third kappa shape index (κ3) is 10.2. The highest BCUT2D eigenvalue weighted by Crippen LogP contribution is 2.16. The van der Waals surface area contributed by atoms with Gasteiger partial charge in [-0.2, -0.15) is 0 Å². The van der Waals surface area contributed by atoms with Crippen LogP contribution in [0, 0.1) is 6.92 Å². The van der Waals surface area contributed by atoms with Gasteiger partial charge in [-0.25, -0.2) is 0 Å². The van der Waals surface area contributed by atoms with E-state index in [4.69, 9.17) is 4.74 Å². The Morgan fingerprint density at radius 2 is 1.47 bits per heavy atom. The van der Waals surface area contributed by atoms with Crippen molar-refractivity contribution in [2.45, 2.75) is 70.5 Å². The Kier molecular flexibility index (Phi) is 9.12. The molecule has 91 valence electrons. The molecule has 0 aromatic heterocycles. The summed E-state index contributed by atoms with van der Waals surface area (Å²) in [6.07, 6.45) is 10.8. The molecular weight excluding hydrogens is 188 g/mol. The molecule has 0 bridgehead atoms. The smallest absolute Gasteiger partial charge is 0.165 e. The van der Waals surface area contributed by atoms with E-state index in [1.165, 1.54) is 52.1 Å². The zero-order chi connectivity index (χ0) is 11.6. The quantitative estimate of drug-likeness (QED) is 0.445. The molecule has 0 aliphatic carbocycles. The minimum atomic E-state index is -1.16. The van der Waals surface area contributed by atoms with E-state index in [1.807, 2.05) is 0 Å². The summed E-state index contributed by atoms with van der Waals surface area (Å²) in [7, 11) is 1.50. The number of aliphatic hydroxyl groups is 1. The molecule has 2 nitrogen and oxygen atoms in total. The van der Waals surface area contributed by atoms with Crippen molar-refractivity contribution >= 4 is 0 Å². The second kappa shape index (κ2) is 9.17. The van der Waals surface area contributed by atoms with Crippen molar-refractivity contribution in [3.63, 3.8) is 0 Å². The lowest BCUT2D eigenvalue weighted by molar-refractivity contribution is -0.154. The predicted molar refractivity (Wildman–Crippen MR) is 64.5 cm³/mol. The van der Waals surface area contributed by atoms with Gasteiger partial charge in [-0.05, 0) is 6.42 Å². The average Bonchev–Trinajstić information content (AvgIpc) is 2.22. The highest BCUT2D eigenvalue weighted by Gasteiger charge is 2.17. The van der Waals surface area contributed by atoms with Crippen molar-refractivity contribution in [3.8, 4) is 0 Å². The van der Waals surface area contributed by atoms with Crippen LogP contribution in [0.2, 0.25) is 0 Å². The summed E-state index contributed by atoms with van der Waals surface area (Å²) in [5.41, 5.74) is 0. The molecule has 0 aromatic rings. The lowest BCUT2D eigenvalue weighted by Gasteiger charge is -2.20. The fourth-order valence-corrected chi connectivity index (χ4v) is 1.64.